The van der Waals surface area contributed by atoms with Gasteiger partial charge in [-0.1, -0.05) is 0 Å². The highest BCUT2D eigenvalue weighted by Crippen LogP contribution is 2.22. The monoisotopic (exact) mass is 242 g/mol. The molecule has 2 atom stereocenters. The zero-order chi connectivity index (χ0) is 12.1. The van der Waals surface area contributed by atoms with Crippen LogP contribution in [-0.4, -0.2) is 63.5 Å². The first-order valence-corrected chi connectivity index (χ1v) is 6.87. The van der Waals surface area contributed by atoms with Gasteiger partial charge in [-0.15, -0.1) is 0 Å². The number of rotatable bonds is 5. The van der Waals surface area contributed by atoms with Gasteiger partial charge in [0.05, 0.1) is 12.2 Å². The molecule has 2 saturated heterocycles. The molecule has 2 heterocycles. The zero-order valence-electron chi connectivity index (χ0n) is 11.2. The maximum Gasteiger partial charge on any atom is 0.0707 e. The topological polar surface area (TPSA) is 33.7 Å². The van der Waals surface area contributed by atoms with Crippen molar-refractivity contribution in [3.63, 3.8) is 0 Å². The van der Waals surface area contributed by atoms with E-state index in [1.54, 1.807) is 0 Å². The smallest absolute Gasteiger partial charge is 0.0707 e. The van der Waals surface area contributed by atoms with E-state index in [4.69, 9.17) is 9.47 Å². The molecule has 4 nitrogen and oxygen atoms in total. The van der Waals surface area contributed by atoms with Gasteiger partial charge in [-0.2, -0.15) is 0 Å². The Morgan fingerprint density at radius 2 is 1.82 bits per heavy atom. The lowest BCUT2D eigenvalue weighted by Crippen LogP contribution is -2.41. The Labute approximate surface area is 105 Å². The Morgan fingerprint density at radius 1 is 1.12 bits per heavy atom. The first kappa shape index (κ1) is 13.3. The average Bonchev–Trinajstić information content (AvgIpc) is 2.78. The predicted molar refractivity (Wildman–Crippen MR) is 68.3 cm³/mol. The summed E-state index contributed by atoms with van der Waals surface area (Å²) in [7, 11) is 4.22. The molecule has 2 fully saturated rings. The van der Waals surface area contributed by atoms with Crippen molar-refractivity contribution in [2.45, 2.75) is 43.9 Å². The molecule has 100 valence electrons. The summed E-state index contributed by atoms with van der Waals surface area (Å²) in [5.74, 6) is 0. The first-order valence-electron chi connectivity index (χ1n) is 6.87. The molecule has 0 saturated carbocycles. The van der Waals surface area contributed by atoms with Gasteiger partial charge in [-0.3, -0.25) is 0 Å². The molecule has 2 aliphatic heterocycles. The lowest BCUT2D eigenvalue weighted by molar-refractivity contribution is -0.000900. The van der Waals surface area contributed by atoms with Crippen LogP contribution in [0.15, 0.2) is 0 Å². The van der Waals surface area contributed by atoms with E-state index in [1.807, 2.05) is 7.05 Å². The molecule has 4 heteroatoms. The fourth-order valence-corrected chi connectivity index (χ4v) is 2.89. The molecule has 2 rings (SSSR count). The van der Waals surface area contributed by atoms with Gasteiger partial charge >= 0.3 is 0 Å². The van der Waals surface area contributed by atoms with Crippen LogP contribution in [0, 0.1) is 0 Å². The summed E-state index contributed by atoms with van der Waals surface area (Å²) in [6, 6.07) is 0.690. The van der Waals surface area contributed by atoms with Gasteiger partial charge in [-0.25, -0.2) is 0 Å². The van der Waals surface area contributed by atoms with Crippen LogP contribution in [0.3, 0.4) is 0 Å². The van der Waals surface area contributed by atoms with E-state index >= 15 is 0 Å². The van der Waals surface area contributed by atoms with E-state index in [9.17, 15) is 0 Å². The number of hydrogen-bond acceptors (Lipinski definition) is 4. The van der Waals surface area contributed by atoms with Crippen LogP contribution in [0.2, 0.25) is 0 Å². The molecule has 2 aliphatic rings. The Hall–Kier alpha value is -0.160. The highest BCUT2D eigenvalue weighted by molar-refractivity contribution is 4.80. The van der Waals surface area contributed by atoms with Gasteiger partial charge in [0.15, 0.2) is 0 Å². The lowest BCUT2D eigenvalue weighted by Gasteiger charge is -2.32. The van der Waals surface area contributed by atoms with Crippen LogP contribution in [0.4, 0.5) is 0 Å². The molecule has 0 aromatic carbocycles. The van der Waals surface area contributed by atoms with Gasteiger partial charge in [0.25, 0.3) is 0 Å². The molecule has 0 bridgehead atoms. The summed E-state index contributed by atoms with van der Waals surface area (Å²) in [4.78, 5) is 2.47. The highest BCUT2D eigenvalue weighted by Gasteiger charge is 2.27. The van der Waals surface area contributed by atoms with Crippen molar-refractivity contribution in [2.24, 2.45) is 0 Å². The molecule has 0 aliphatic carbocycles. The summed E-state index contributed by atoms with van der Waals surface area (Å²) in [5.41, 5.74) is 0. The van der Waals surface area contributed by atoms with Gasteiger partial charge in [0.1, 0.15) is 0 Å². The van der Waals surface area contributed by atoms with Crippen molar-refractivity contribution < 1.29 is 9.47 Å². The predicted octanol–water partition coefficient (Wildman–Crippen LogP) is 0.864. The minimum atomic E-state index is 0.424. The van der Waals surface area contributed by atoms with Crippen molar-refractivity contribution in [3.05, 3.63) is 0 Å². The largest absolute Gasteiger partial charge is 0.381 e. The molecule has 0 aromatic heterocycles. The minimum absolute atomic E-state index is 0.424. The van der Waals surface area contributed by atoms with Crippen LogP contribution in [0.5, 0.6) is 0 Å². The number of hydrogen-bond donors (Lipinski definition) is 1. The summed E-state index contributed by atoms with van der Waals surface area (Å²) in [6.07, 6.45) is 5.61. The number of likely N-dealkylation sites (N-methyl/N-ethyl adjacent to an activating group) is 2. The van der Waals surface area contributed by atoms with E-state index in [0.29, 0.717) is 18.2 Å². The second-order valence-electron chi connectivity index (χ2n) is 5.30. The standard InChI is InChI=1S/C13H26N2O2/c1-14-9-12-3-4-13(17-12)10-15(2)11-5-7-16-8-6-11/h11-14H,3-10H2,1-2H3. The van der Waals surface area contributed by atoms with Crippen molar-refractivity contribution in [1.29, 1.82) is 0 Å². The molecule has 0 radical (unpaired) electrons. The number of nitrogens with one attached hydrogen (secondary N) is 1. The summed E-state index contributed by atoms with van der Waals surface area (Å²) in [5, 5.41) is 3.19. The Bertz CT molecular complexity index is 219. The van der Waals surface area contributed by atoms with Crippen molar-refractivity contribution in [3.8, 4) is 0 Å². The van der Waals surface area contributed by atoms with Crippen LogP contribution in [-0.2, 0) is 9.47 Å². The van der Waals surface area contributed by atoms with E-state index < -0.39 is 0 Å². The number of ether oxygens (including phenoxy) is 2. The zero-order valence-corrected chi connectivity index (χ0v) is 11.2. The Balaban J connectivity index is 1.69. The Morgan fingerprint density at radius 3 is 2.53 bits per heavy atom. The van der Waals surface area contributed by atoms with Gasteiger partial charge in [0, 0.05) is 32.3 Å². The summed E-state index contributed by atoms with van der Waals surface area (Å²) in [6.45, 7) is 3.90. The van der Waals surface area contributed by atoms with Crippen molar-refractivity contribution >= 4 is 0 Å². The van der Waals surface area contributed by atoms with E-state index in [1.165, 1.54) is 25.7 Å². The van der Waals surface area contributed by atoms with Gasteiger partial charge in [0.2, 0.25) is 0 Å². The Kier molecular flexibility index (Phi) is 5.22. The number of nitrogens with zero attached hydrogens (tertiary/aromatic N) is 1. The van der Waals surface area contributed by atoms with E-state index in [2.05, 4.69) is 17.3 Å². The van der Waals surface area contributed by atoms with Gasteiger partial charge < -0.3 is 19.7 Å². The maximum atomic E-state index is 6.03. The third kappa shape index (κ3) is 3.91. The quantitative estimate of drug-likeness (QED) is 0.775. The first-order chi connectivity index (χ1) is 8.29. The average molecular weight is 242 g/mol. The SMILES string of the molecule is CNCC1CCC(CN(C)C2CCOCC2)O1. The summed E-state index contributed by atoms with van der Waals surface area (Å²) >= 11 is 0. The third-order valence-electron chi connectivity index (χ3n) is 3.93. The molecule has 1 N–H and O–H groups in total. The fraction of sp³-hybridized carbons (Fsp3) is 1.00. The minimum Gasteiger partial charge on any atom is -0.381 e. The second kappa shape index (κ2) is 6.69. The third-order valence-corrected chi connectivity index (χ3v) is 3.93. The molecule has 0 spiro atoms. The maximum absolute atomic E-state index is 6.03. The fourth-order valence-electron chi connectivity index (χ4n) is 2.89. The lowest BCUT2D eigenvalue weighted by atomic mass is 10.1. The van der Waals surface area contributed by atoms with Crippen molar-refractivity contribution in [1.82, 2.24) is 10.2 Å². The normalized spacial score (nSPS) is 31.2. The van der Waals surface area contributed by atoms with Crippen LogP contribution in [0.25, 0.3) is 0 Å². The van der Waals surface area contributed by atoms with E-state index in [0.717, 1.165) is 26.3 Å². The highest BCUT2D eigenvalue weighted by atomic mass is 16.5. The second-order valence-corrected chi connectivity index (χ2v) is 5.30. The van der Waals surface area contributed by atoms with Crippen molar-refractivity contribution in [2.75, 3.05) is 40.4 Å². The van der Waals surface area contributed by atoms with Gasteiger partial charge in [-0.05, 0) is 39.8 Å². The van der Waals surface area contributed by atoms with E-state index in [-0.39, 0.29) is 0 Å². The molecule has 17 heavy (non-hydrogen) atoms. The van der Waals surface area contributed by atoms with Crippen LogP contribution in [0.1, 0.15) is 25.7 Å². The van der Waals surface area contributed by atoms with Crippen LogP contribution >= 0.6 is 0 Å². The van der Waals surface area contributed by atoms with Crippen LogP contribution < -0.4 is 5.32 Å². The molecule has 0 amide bonds. The molecule has 0 aromatic rings. The summed E-state index contributed by atoms with van der Waals surface area (Å²) < 4.78 is 11.4. The molecular weight excluding hydrogens is 216 g/mol. The molecule has 2 unspecified atom stereocenters. The molecular formula is C13H26N2O2.